The number of rotatable bonds is 0. The molecule has 0 saturated heterocycles. The fourth-order valence-corrected chi connectivity index (χ4v) is 0. The van der Waals surface area contributed by atoms with Crippen LogP contribution in [0.2, 0.25) is 0 Å². The quantitative estimate of drug-likeness (QED) is 0.497. The van der Waals surface area contributed by atoms with Crippen molar-refractivity contribution in [2.75, 3.05) is 0 Å². The summed E-state index contributed by atoms with van der Waals surface area (Å²) < 4.78 is 0. The van der Waals surface area contributed by atoms with Crippen LogP contribution in [0.15, 0.2) is 0 Å². The Morgan fingerprint density at radius 3 is 0.750 bits per heavy atom. The first-order valence-corrected chi connectivity index (χ1v) is 0. The van der Waals surface area contributed by atoms with Crippen molar-refractivity contribution in [1.82, 2.24) is 0 Å². The van der Waals surface area contributed by atoms with Crippen molar-refractivity contribution >= 4 is 131 Å². The van der Waals surface area contributed by atoms with Gasteiger partial charge in [-0.05, 0) is 0 Å². The van der Waals surface area contributed by atoms with E-state index in [1.165, 1.54) is 0 Å². The van der Waals surface area contributed by atoms with Crippen LogP contribution in [0.25, 0.3) is 0 Å². The average Bonchev–Trinajstić information content (AvgIpc) is 0. The topological polar surface area (TPSA) is 0 Å². The minimum absolute atomic E-state index is 0. The molecule has 22 valence electrons. The Balaban J connectivity index is 0. The Hall–Kier alpha value is 3.89. The predicted molar refractivity (Wildman–Crippen MR) is 30.2 cm³/mol. The Kier molecular flexibility index (Phi) is 97.7. The monoisotopic (exact) mass is 248 g/mol. The first-order chi connectivity index (χ1) is 0. The van der Waals surface area contributed by atoms with Crippen molar-refractivity contribution in [3.63, 3.8) is 0 Å². The molecule has 0 aliphatic rings. The third-order valence-corrected chi connectivity index (χ3v) is 0. The number of hydrogen-bond donors (Lipinski definition) is 0. The molecule has 0 nitrogen and oxygen atoms in total. The first-order valence-electron chi connectivity index (χ1n) is 0. The summed E-state index contributed by atoms with van der Waals surface area (Å²) in [6.45, 7) is 0. The summed E-state index contributed by atoms with van der Waals surface area (Å²) in [5.41, 5.74) is 0. The molecule has 0 fully saturated rings. The Morgan fingerprint density at radius 1 is 0.750 bits per heavy atom. The van der Waals surface area contributed by atoms with E-state index in [0.29, 0.717) is 0 Å². The van der Waals surface area contributed by atoms with Crippen molar-refractivity contribution in [3.8, 4) is 0 Å². The van der Waals surface area contributed by atoms with Crippen LogP contribution in [-0.2, 0) is 0 Å². The van der Waals surface area contributed by atoms with Crippen molar-refractivity contribution in [1.29, 1.82) is 0 Å². The van der Waals surface area contributed by atoms with Gasteiger partial charge in [-0.1, -0.05) is 0 Å². The van der Waals surface area contributed by atoms with Gasteiger partial charge in [-0.25, -0.2) is 0 Å². The zero-order valence-electron chi connectivity index (χ0n) is 0.816. The second-order valence-corrected chi connectivity index (χ2v) is 0. The molecule has 4 heteroatoms. The van der Waals surface area contributed by atoms with E-state index in [1.807, 2.05) is 0 Å². The molecule has 0 aliphatic carbocycles. The molecule has 4 heavy (non-hydrogen) atoms. The van der Waals surface area contributed by atoms with E-state index >= 15 is 0 Å². The second kappa shape index (κ2) is 15.8. The molecule has 0 aromatic carbocycles. The summed E-state index contributed by atoms with van der Waals surface area (Å²) in [7, 11) is 0. The second-order valence-electron chi connectivity index (χ2n) is 0. The standard InChI is InChI=1S/Ca.2ClH.Cs.3H/h;2*1H;;;;. The van der Waals surface area contributed by atoms with Crippen LogP contribution in [0, 0.1) is 0 Å². The zero-order chi connectivity index (χ0) is 0. The molecular weight excluding hydrogens is 244 g/mol. The van der Waals surface area contributed by atoms with Crippen LogP contribution in [0.1, 0.15) is 0 Å². The van der Waals surface area contributed by atoms with E-state index < -0.39 is 0 Å². The van der Waals surface area contributed by atoms with Gasteiger partial charge in [0, 0.05) is 0 Å². The van der Waals surface area contributed by atoms with Gasteiger partial charge in [0.05, 0.1) is 0 Å². The van der Waals surface area contributed by atoms with E-state index in [9.17, 15) is 0 Å². The number of halogens is 2. The summed E-state index contributed by atoms with van der Waals surface area (Å²) in [6, 6.07) is 0. The van der Waals surface area contributed by atoms with Crippen LogP contribution < -0.4 is 0 Å². The summed E-state index contributed by atoms with van der Waals surface area (Å²) in [4.78, 5) is 0. The molecule has 0 N–H and O–H groups in total. The van der Waals surface area contributed by atoms with Gasteiger partial charge in [-0.2, -0.15) is 0 Å². The van der Waals surface area contributed by atoms with E-state index in [-0.39, 0.29) is 131 Å². The van der Waals surface area contributed by atoms with Crippen LogP contribution in [0.5, 0.6) is 0 Å². The van der Waals surface area contributed by atoms with E-state index in [2.05, 4.69) is 0 Å². The third kappa shape index (κ3) is 9.31. The number of hydrogen-bond acceptors (Lipinski definition) is 0. The van der Waals surface area contributed by atoms with Gasteiger partial charge in [0.1, 0.15) is 0 Å². The van der Waals surface area contributed by atoms with Gasteiger partial charge >= 0.3 is 107 Å². The van der Waals surface area contributed by atoms with Gasteiger partial charge in [0.25, 0.3) is 0 Å². The molecule has 0 saturated carbocycles. The summed E-state index contributed by atoms with van der Waals surface area (Å²) in [5, 5.41) is 0. The van der Waals surface area contributed by atoms with Gasteiger partial charge in [-0.3, -0.25) is 0 Å². The zero-order valence-corrected chi connectivity index (χ0v) is 2.45. The van der Waals surface area contributed by atoms with Gasteiger partial charge < -0.3 is 0 Å². The molecule has 0 amide bonds. The molecule has 0 spiro atoms. The molecule has 0 radical (unpaired) electrons. The van der Waals surface area contributed by atoms with Crippen molar-refractivity contribution < 1.29 is 0 Å². The van der Waals surface area contributed by atoms with E-state index in [0.717, 1.165) is 0 Å². The molecule has 0 heterocycles. The van der Waals surface area contributed by atoms with E-state index in [1.54, 1.807) is 0 Å². The van der Waals surface area contributed by atoms with Crippen LogP contribution >= 0.6 is 24.8 Å². The molecule has 0 aromatic heterocycles. The summed E-state index contributed by atoms with van der Waals surface area (Å²) >= 11 is 0. The fourth-order valence-electron chi connectivity index (χ4n) is 0. The molecule has 0 bridgehead atoms. The van der Waals surface area contributed by atoms with Gasteiger partial charge in [0.15, 0.2) is 0 Å². The SMILES string of the molecule is Cl.Cl.[CaH2].[CsH]. The molecular formula is H5CaCl2Cs. The Morgan fingerprint density at radius 2 is 0.750 bits per heavy atom. The molecule has 0 unspecified atom stereocenters. The van der Waals surface area contributed by atoms with E-state index in [4.69, 9.17) is 0 Å². The van der Waals surface area contributed by atoms with Crippen molar-refractivity contribution in [2.45, 2.75) is 0 Å². The minimum atomic E-state index is 0. The fraction of sp³-hybridized carbons (Fsp3) is 0. The van der Waals surface area contributed by atoms with Crippen LogP contribution in [0.3, 0.4) is 0 Å². The van der Waals surface area contributed by atoms with Gasteiger partial charge in [-0.15, -0.1) is 24.8 Å². The van der Waals surface area contributed by atoms with Gasteiger partial charge in [0.2, 0.25) is 0 Å². The first kappa shape index (κ1) is 24.7. The Bertz CT molecular complexity index is 6.00. The molecule has 0 rings (SSSR count). The molecule has 0 aromatic rings. The molecule has 0 atom stereocenters. The predicted octanol–water partition coefficient (Wildman–Crippen LogP) is -0.721. The molecule has 0 aliphatic heterocycles. The summed E-state index contributed by atoms with van der Waals surface area (Å²) in [6.07, 6.45) is 0. The summed E-state index contributed by atoms with van der Waals surface area (Å²) in [5.74, 6) is 0. The maximum atomic E-state index is 0. The van der Waals surface area contributed by atoms with Crippen LogP contribution in [0.4, 0.5) is 0 Å². The van der Waals surface area contributed by atoms with Crippen LogP contribution in [-0.4, -0.2) is 107 Å². The average molecular weight is 249 g/mol. The van der Waals surface area contributed by atoms with Crippen molar-refractivity contribution in [3.05, 3.63) is 0 Å². The Labute approximate surface area is 127 Å². The maximum absolute atomic E-state index is 0. The third-order valence-electron chi connectivity index (χ3n) is 0. The van der Waals surface area contributed by atoms with Crippen molar-refractivity contribution in [2.24, 2.45) is 0 Å². The normalized spacial score (nSPS) is 0.